The van der Waals surface area contributed by atoms with E-state index in [0.29, 0.717) is 11.6 Å². The van der Waals surface area contributed by atoms with Crippen molar-refractivity contribution in [1.29, 1.82) is 0 Å². The Balaban J connectivity index is 1.84. The predicted molar refractivity (Wildman–Crippen MR) is 82.5 cm³/mol. The smallest absolute Gasteiger partial charge is 0.274 e. The van der Waals surface area contributed by atoms with Crippen LogP contribution >= 0.6 is 0 Å². The third-order valence-corrected chi connectivity index (χ3v) is 3.67. The van der Waals surface area contributed by atoms with Gasteiger partial charge >= 0.3 is 0 Å². The molecule has 0 radical (unpaired) electrons. The second-order valence-electron chi connectivity index (χ2n) is 5.43. The number of benzene rings is 1. The minimum atomic E-state index is -0.830. The van der Waals surface area contributed by atoms with E-state index in [2.05, 4.69) is 20.2 Å². The van der Waals surface area contributed by atoms with Crippen LogP contribution in [0, 0.1) is 18.6 Å². The van der Waals surface area contributed by atoms with Gasteiger partial charge in [-0.2, -0.15) is 0 Å². The van der Waals surface area contributed by atoms with Gasteiger partial charge in [0.2, 0.25) is 0 Å². The lowest BCUT2D eigenvalue weighted by Crippen LogP contribution is -2.22. The summed E-state index contributed by atoms with van der Waals surface area (Å²) in [7, 11) is 0. The zero-order valence-electron chi connectivity index (χ0n) is 12.6. The van der Waals surface area contributed by atoms with Crippen LogP contribution in [0.25, 0.3) is 0 Å². The van der Waals surface area contributed by atoms with E-state index in [9.17, 15) is 13.6 Å². The second kappa shape index (κ2) is 6.28. The van der Waals surface area contributed by atoms with Gasteiger partial charge in [-0.1, -0.05) is 0 Å². The van der Waals surface area contributed by atoms with E-state index in [-0.39, 0.29) is 11.4 Å². The van der Waals surface area contributed by atoms with Gasteiger partial charge in [-0.05, 0) is 31.9 Å². The second-order valence-corrected chi connectivity index (χ2v) is 5.43. The molecule has 1 aromatic heterocycles. The van der Waals surface area contributed by atoms with E-state index in [4.69, 9.17) is 0 Å². The standard InChI is InChI=1S/C16H16F2N4O/c1-10-19-14(9-15(20-10)22-6-2-3-7-22)16(23)21-13-5-4-11(17)8-12(13)18/h4-5,8-9H,2-3,6-7H2,1H3,(H,21,23). The number of carbonyl (C=O) groups is 1. The van der Waals surface area contributed by atoms with E-state index in [1.807, 2.05) is 0 Å². The molecule has 3 rings (SSSR count). The fourth-order valence-electron chi connectivity index (χ4n) is 2.55. The average molecular weight is 318 g/mol. The lowest BCUT2D eigenvalue weighted by Gasteiger charge is -2.17. The number of hydrogen-bond acceptors (Lipinski definition) is 4. The molecule has 1 saturated heterocycles. The molecule has 1 fully saturated rings. The van der Waals surface area contributed by atoms with Crippen LogP contribution in [0.4, 0.5) is 20.3 Å². The lowest BCUT2D eigenvalue weighted by molar-refractivity contribution is 0.102. The maximum Gasteiger partial charge on any atom is 0.274 e. The van der Waals surface area contributed by atoms with Gasteiger partial charge in [-0.3, -0.25) is 4.79 Å². The zero-order chi connectivity index (χ0) is 16.4. The molecule has 1 aliphatic heterocycles. The number of aryl methyl sites for hydroxylation is 1. The van der Waals surface area contributed by atoms with E-state index < -0.39 is 17.5 Å². The van der Waals surface area contributed by atoms with Crippen molar-refractivity contribution in [3.63, 3.8) is 0 Å². The predicted octanol–water partition coefficient (Wildman–Crippen LogP) is 2.92. The van der Waals surface area contributed by atoms with Gasteiger partial charge in [0.1, 0.15) is 29.0 Å². The van der Waals surface area contributed by atoms with E-state index >= 15 is 0 Å². The molecule has 5 nitrogen and oxygen atoms in total. The molecular weight excluding hydrogens is 302 g/mol. The summed E-state index contributed by atoms with van der Waals surface area (Å²) in [5, 5.41) is 2.41. The van der Waals surface area contributed by atoms with Crippen LogP contribution in [0.15, 0.2) is 24.3 Å². The fraction of sp³-hybridized carbons (Fsp3) is 0.312. The van der Waals surface area contributed by atoms with Crippen molar-refractivity contribution in [3.8, 4) is 0 Å². The van der Waals surface area contributed by atoms with Crippen LogP contribution in [0.1, 0.15) is 29.2 Å². The summed E-state index contributed by atoms with van der Waals surface area (Å²) in [4.78, 5) is 22.8. The van der Waals surface area contributed by atoms with Crippen LogP contribution in [0.2, 0.25) is 0 Å². The van der Waals surface area contributed by atoms with Crippen LogP contribution < -0.4 is 10.2 Å². The van der Waals surface area contributed by atoms with Crippen molar-refractivity contribution in [3.05, 3.63) is 47.4 Å². The zero-order valence-corrected chi connectivity index (χ0v) is 12.6. The third-order valence-electron chi connectivity index (χ3n) is 3.67. The first-order valence-corrected chi connectivity index (χ1v) is 7.40. The Morgan fingerprint density at radius 2 is 1.91 bits per heavy atom. The molecule has 120 valence electrons. The summed E-state index contributed by atoms with van der Waals surface area (Å²) >= 11 is 0. The molecule has 1 N–H and O–H groups in total. The minimum absolute atomic E-state index is 0.0876. The highest BCUT2D eigenvalue weighted by Crippen LogP contribution is 2.20. The van der Waals surface area contributed by atoms with Gasteiger partial charge < -0.3 is 10.2 Å². The molecule has 0 saturated carbocycles. The van der Waals surface area contributed by atoms with Gasteiger partial charge in [0.25, 0.3) is 5.91 Å². The van der Waals surface area contributed by atoms with Crippen molar-refractivity contribution >= 4 is 17.4 Å². The SMILES string of the molecule is Cc1nc(C(=O)Nc2ccc(F)cc2F)cc(N2CCCC2)n1. The number of hydrogen-bond donors (Lipinski definition) is 1. The number of halogens is 2. The molecule has 0 unspecified atom stereocenters. The first kappa shape index (κ1) is 15.3. The number of rotatable bonds is 3. The Labute approximate surface area is 132 Å². The van der Waals surface area contributed by atoms with Crippen LogP contribution in [-0.2, 0) is 0 Å². The molecular formula is C16H16F2N4O. The number of aromatic nitrogens is 2. The summed E-state index contributed by atoms with van der Waals surface area (Å²) in [5.41, 5.74) is 0.0681. The Bertz CT molecular complexity index is 745. The van der Waals surface area contributed by atoms with Crippen LogP contribution in [0.5, 0.6) is 0 Å². The van der Waals surface area contributed by atoms with Gasteiger partial charge in [0, 0.05) is 25.2 Å². The number of carbonyl (C=O) groups excluding carboxylic acids is 1. The first-order chi connectivity index (χ1) is 11.0. The summed E-state index contributed by atoms with van der Waals surface area (Å²) in [5.74, 6) is -0.918. The quantitative estimate of drug-likeness (QED) is 0.945. The van der Waals surface area contributed by atoms with Crippen molar-refractivity contribution in [2.75, 3.05) is 23.3 Å². The monoisotopic (exact) mass is 318 g/mol. The van der Waals surface area contributed by atoms with Gasteiger partial charge in [0.05, 0.1) is 5.69 Å². The van der Waals surface area contributed by atoms with Gasteiger partial charge in [-0.15, -0.1) is 0 Å². The van der Waals surface area contributed by atoms with E-state index in [0.717, 1.165) is 38.1 Å². The Morgan fingerprint density at radius 1 is 1.17 bits per heavy atom. The maximum atomic E-state index is 13.6. The first-order valence-electron chi connectivity index (χ1n) is 7.40. The van der Waals surface area contributed by atoms with Crippen molar-refractivity contribution in [2.45, 2.75) is 19.8 Å². The van der Waals surface area contributed by atoms with Crippen molar-refractivity contribution in [1.82, 2.24) is 9.97 Å². The highest BCUT2D eigenvalue weighted by Gasteiger charge is 2.18. The van der Waals surface area contributed by atoms with E-state index in [1.54, 1.807) is 13.0 Å². The number of anilines is 2. The molecule has 0 spiro atoms. The largest absolute Gasteiger partial charge is 0.356 e. The molecule has 2 heterocycles. The highest BCUT2D eigenvalue weighted by atomic mass is 19.1. The van der Waals surface area contributed by atoms with Gasteiger partial charge in [-0.25, -0.2) is 18.7 Å². The minimum Gasteiger partial charge on any atom is -0.356 e. The average Bonchev–Trinajstić information content (AvgIpc) is 3.04. The number of nitrogens with one attached hydrogen (secondary N) is 1. The van der Waals surface area contributed by atoms with Crippen molar-refractivity contribution < 1.29 is 13.6 Å². The van der Waals surface area contributed by atoms with Crippen molar-refractivity contribution in [2.24, 2.45) is 0 Å². The molecule has 0 bridgehead atoms. The normalized spacial score (nSPS) is 14.1. The molecule has 1 amide bonds. The molecule has 0 atom stereocenters. The Hall–Kier alpha value is -2.57. The summed E-state index contributed by atoms with van der Waals surface area (Å²) < 4.78 is 26.5. The summed E-state index contributed by atoms with van der Waals surface area (Å²) in [6.07, 6.45) is 2.18. The molecule has 7 heteroatoms. The number of amides is 1. The Morgan fingerprint density at radius 3 is 2.61 bits per heavy atom. The molecule has 1 aromatic carbocycles. The van der Waals surface area contributed by atoms with E-state index in [1.165, 1.54) is 6.07 Å². The lowest BCUT2D eigenvalue weighted by atomic mass is 10.2. The molecule has 2 aromatic rings. The Kier molecular flexibility index (Phi) is 4.18. The summed E-state index contributed by atoms with van der Waals surface area (Å²) in [6, 6.07) is 4.57. The van der Waals surface area contributed by atoms with Gasteiger partial charge in [0.15, 0.2) is 0 Å². The topological polar surface area (TPSA) is 58.1 Å². The highest BCUT2D eigenvalue weighted by molar-refractivity contribution is 6.03. The maximum absolute atomic E-state index is 13.6. The molecule has 23 heavy (non-hydrogen) atoms. The molecule has 1 aliphatic rings. The summed E-state index contributed by atoms with van der Waals surface area (Å²) in [6.45, 7) is 3.49. The van der Waals surface area contributed by atoms with Crippen LogP contribution in [0.3, 0.4) is 0 Å². The van der Waals surface area contributed by atoms with Crippen LogP contribution in [-0.4, -0.2) is 29.0 Å². The number of nitrogens with zero attached hydrogens (tertiary/aromatic N) is 3. The molecule has 0 aliphatic carbocycles. The third kappa shape index (κ3) is 3.44. The fourth-order valence-corrected chi connectivity index (χ4v) is 2.55.